The van der Waals surface area contributed by atoms with E-state index in [0.29, 0.717) is 11.1 Å². The lowest BCUT2D eigenvalue weighted by atomic mass is 9.85. The van der Waals surface area contributed by atoms with Gasteiger partial charge in [-0.25, -0.2) is 9.18 Å². The Kier molecular flexibility index (Phi) is 4.54. The number of nitrogens with one attached hydrogen (secondary N) is 1. The summed E-state index contributed by atoms with van der Waals surface area (Å²) in [5.74, 6) is 5.79. The first-order valence-corrected chi connectivity index (χ1v) is 8.82. The van der Waals surface area contributed by atoms with Gasteiger partial charge in [0.25, 0.3) is 0 Å². The molecule has 3 aromatic rings. The zero-order chi connectivity index (χ0) is 19.6. The molecule has 1 aliphatic rings. The summed E-state index contributed by atoms with van der Waals surface area (Å²) in [6.07, 6.45) is 2.76. The molecule has 5 heteroatoms. The van der Waals surface area contributed by atoms with Crippen molar-refractivity contribution < 1.29 is 13.9 Å². The summed E-state index contributed by atoms with van der Waals surface area (Å²) in [5.41, 5.74) is 1.85. The van der Waals surface area contributed by atoms with Gasteiger partial charge in [-0.3, -0.25) is 4.98 Å². The predicted molar refractivity (Wildman–Crippen MR) is 103 cm³/mol. The highest BCUT2D eigenvalue weighted by Gasteiger charge is 2.47. The first-order valence-electron chi connectivity index (χ1n) is 8.82. The molecule has 2 heterocycles. The van der Waals surface area contributed by atoms with Gasteiger partial charge in [-0.2, -0.15) is 0 Å². The number of ether oxygens (including phenoxy) is 1. The second-order valence-electron chi connectivity index (χ2n) is 6.71. The number of halogens is 1. The fraction of sp³-hybridized carbons (Fsp3) is 0.130. The lowest BCUT2D eigenvalue weighted by Crippen LogP contribution is -2.31. The summed E-state index contributed by atoms with van der Waals surface area (Å²) < 4.78 is 19.3. The van der Waals surface area contributed by atoms with E-state index < -0.39 is 17.7 Å². The van der Waals surface area contributed by atoms with Crippen molar-refractivity contribution in [1.29, 1.82) is 0 Å². The molecule has 0 radical (unpaired) electrons. The maximum Gasteiger partial charge on any atom is 0.408 e. The van der Waals surface area contributed by atoms with Gasteiger partial charge in [0.2, 0.25) is 0 Å². The van der Waals surface area contributed by atoms with Crippen molar-refractivity contribution in [3.63, 3.8) is 0 Å². The Morgan fingerprint density at radius 1 is 1.04 bits per heavy atom. The van der Waals surface area contributed by atoms with Gasteiger partial charge in [-0.05, 0) is 42.8 Å². The molecule has 28 heavy (non-hydrogen) atoms. The number of carbonyl (C=O) groups excluding carboxylic acids is 1. The second kappa shape index (κ2) is 7.16. The molecule has 1 aromatic heterocycles. The van der Waals surface area contributed by atoms with Crippen LogP contribution in [0.25, 0.3) is 0 Å². The van der Waals surface area contributed by atoms with Crippen LogP contribution in [-0.2, 0) is 10.3 Å². The Hall–Kier alpha value is -3.65. The standard InChI is InChI=1S/C23H17FN2O2/c1-23(19-8-5-9-20(24)13-19)21(26-22(27)28-23)18-12-17(14-25-15-18)11-10-16-6-3-2-4-7-16/h2-9,12-15,21H,1H3,(H,26,27)/t21-,23-/m0/s1. The predicted octanol–water partition coefficient (Wildman–Crippen LogP) is 4.32. The molecule has 2 aromatic carbocycles. The zero-order valence-electron chi connectivity index (χ0n) is 15.1. The number of nitrogens with zero attached hydrogens (tertiary/aromatic N) is 1. The second-order valence-corrected chi connectivity index (χ2v) is 6.71. The van der Waals surface area contributed by atoms with E-state index in [4.69, 9.17) is 4.74 Å². The number of amides is 1. The van der Waals surface area contributed by atoms with Gasteiger partial charge in [-0.15, -0.1) is 0 Å². The maximum atomic E-state index is 13.8. The Morgan fingerprint density at radius 2 is 1.82 bits per heavy atom. The number of benzene rings is 2. The molecule has 4 rings (SSSR count). The molecule has 0 unspecified atom stereocenters. The van der Waals surface area contributed by atoms with Crippen LogP contribution in [0.5, 0.6) is 0 Å². The minimum Gasteiger partial charge on any atom is -0.436 e. The summed E-state index contributed by atoms with van der Waals surface area (Å²) >= 11 is 0. The van der Waals surface area contributed by atoms with Crippen molar-refractivity contribution in [2.45, 2.75) is 18.6 Å². The quantitative estimate of drug-likeness (QED) is 0.682. The molecule has 0 aliphatic carbocycles. The van der Waals surface area contributed by atoms with Crippen molar-refractivity contribution >= 4 is 6.09 Å². The molecule has 1 aliphatic heterocycles. The van der Waals surface area contributed by atoms with Crippen LogP contribution in [0.15, 0.2) is 73.1 Å². The molecular formula is C23H17FN2O2. The Labute approximate surface area is 162 Å². The molecular weight excluding hydrogens is 355 g/mol. The molecule has 1 amide bonds. The Morgan fingerprint density at radius 3 is 2.61 bits per heavy atom. The highest BCUT2D eigenvalue weighted by atomic mass is 19.1. The first-order chi connectivity index (χ1) is 13.5. The summed E-state index contributed by atoms with van der Waals surface area (Å²) in [6, 6.07) is 17.0. The van der Waals surface area contributed by atoms with Crippen molar-refractivity contribution in [2.24, 2.45) is 0 Å². The van der Waals surface area contributed by atoms with Gasteiger partial charge in [0.15, 0.2) is 5.60 Å². The molecule has 1 N–H and O–H groups in total. The van der Waals surface area contributed by atoms with Gasteiger partial charge in [-0.1, -0.05) is 42.2 Å². The minimum absolute atomic E-state index is 0.388. The van der Waals surface area contributed by atoms with Crippen LogP contribution in [0.3, 0.4) is 0 Å². The van der Waals surface area contributed by atoms with Crippen LogP contribution < -0.4 is 5.32 Å². The molecule has 4 nitrogen and oxygen atoms in total. The molecule has 1 fully saturated rings. The van der Waals surface area contributed by atoms with E-state index in [-0.39, 0.29) is 5.82 Å². The topological polar surface area (TPSA) is 51.2 Å². The van der Waals surface area contributed by atoms with Crippen LogP contribution in [0.1, 0.15) is 35.2 Å². The van der Waals surface area contributed by atoms with Crippen molar-refractivity contribution in [1.82, 2.24) is 10.3 Å². The third-order valence-corrected chi connectivity index (χ3v) is 4.73. The summed E-state index contributed by atoms with van der Waals surface area (Å²) in [6.45, 7) is 1.76. The molecule has 0 saturated carbocycles. The normalized spacial score (nSPS) is 20.6. The third kappa shape index (κ3) is 3.45. The fourth-order valence-corrected chi connectivity index (χ4v) is 3.31. The Balaban J connectivity index is 1.70. The highest BCUT2D eigenvalue weighted by Crippen LogP contribution is 2.42. The van der Waals surface area contributed by atoms with Crippen molar-refractivity contribution in [2.75, 3.05) is 0 Å². The van der Waals surface area contributed by atoms with Crippen LogP contribution in [0, 0.1) is 17.7 Å². The molecule has 0 spiro atoms. The van der Waals surface area contributed by atoms with E-state index >= 15 is 0 Å². The van der Waals surface area contributed by atoms with Gasteiger partial charge < -0.3 is 10.1 Å². The van der Waals surface area contributed by atoms with Gasteiger partial charge >= 0.3 is 6.09 Å². The SMILES string of the molecule is C[C@@]1(c2cccc(F)c2)OC(=O)N[C@H]1c1cncc(C#Cc2ccccc2)c1. The molecule has 138 valence electrons. The third-order valence-electron chi connectivity index (χ3n) is 4.73. The number of cyclic esters (lactones) is 1. The lowest BCUT2D eigenvalue weighted by molar-refractivity contribution is 0.0491. The van der Waals surface area contributed by atoms with E-state index in [1.165, 1.54) is 12.1 Å². The van der Waals surface area contributed by atoms with E-state index in [1.54, 1.807) is 31.5 Å². The number of pyridine rings is 1. The van der Waals surface area contributed by atoms with E-state index in [9.17, 15) is 9.18 Å². The average molecular weight is 372 g/mol. The maximum absolute atomic E-state index is 13.8. The highest BCUT2D eigenvalue weighted by molar-refractivity contribution is 5.72. The van der Waals surface area contributed by atoms with Crippen LogP contribution in [-0.4, -0.2) is 11.1 Å². The van der Waals surface area contributed by atoms with Gasteiger partial charge in [0.05, 0.1) is 0 Å². The number of rotatable bonds is 2. The average Bonchev–Trinajstić information content (AvgIpc) is 3.03. The summed E-state index contributed by atoms with van der Waals surface area (Å²) in [7, 11) is 0. The fourth-order valence-electron chi connectivity index (χ4n) is 3.31. The van der Waals surface area contributed by atoms with Crippen molar-refractivity contribution in [3.05, 3.63) is 101 Å². The molecule has 2 atom stereocenters. The zero-order valence-corrected chi connectivity index (χ0v) is 15.1. The van der Waals surface area contributed by atoms with Crippen molar-refractivity contribution in [3.8, 4) is 11.8 Å². The monoisotopic (exact) mass is 372 g/mol. The molecule has 0 bridgehead atoms. The smallest absolute Gasteiger partial charge is 0.408 e. The first kappa shape index (κ1) is 17.7. The number of alkyl carbamates (subject to hydrolysis) is 1. The van der Waals surface area contributed by atoms with E-state index in [1.807, 2.05) is 36.4 Å². The Bertz CT molecular complexity index is 1090. The van der Waals surface area contributed by atoms with Gasteiger partial charge in [0.1, 0.15) is 11.9 Å². The number of aromatic nitrogens is 1. The van der Waals surface area contributed by atoms with E-state index in [0.717, 1.165) is 11.1 Å². The number of hydrogen-bond donors (Lipinski definition) is 1. The van der Waals surface area contributed by atoms with E-state index in [2.05, 4.69) is 22.1 Å². The molecule has 1 saturated heterocycles. The van der Waals surface area contributed by atoms with Crippen LogP contribution in [0.4, 0.5) is 9.18 Å². The van der Waals surface area contributed by atoms with Crippen LogP contribution >= 0.6 is 0 Å². The number of hydrogen-bond acceptors (Lipinski definition) is 3. The minimum atomic E-state index is -1.06. The largest absolute Gasteiger partial charge is 0.436 e. The van der Waals surface area contributed by atoms with Crippen LogP contribution in [0.2, 0.25) is 0 Å². The number of carbonyl (C=O) groups is 1. The summed E-state index contributed by atoms with van der Waals surface area (Å²) in [5, 5.41) is 2.81. The lowest BCUT2D eigenvalue weighted by Gasteiger charge is -2.29. The van der Waals surface area contributed by atoms with Gasteiger partial charge in [0, 0.05) is 29.1 Å². The summed E-state index contributed by atoms with van der Waals surface area (Å²) in [4.78, 5) is 16.3.